The molecule has 1 aliphatic carbocycles. The first-order chi connectivity index (χ1) is 27.4. The largest absolute Gasteiger partial charge is 0.371 e. The summed E-state index contributed by atoms with van der Waals surface area (Å²) in [5.74, 6) is 1.68. The molecule has 2 aromatic heterocycles. The molecule has 0 radical (unpaired) electrons. The molecule has 5 fully saturated rings. The molecule has 56 heavy (non-hydrogen) atoms. The van der Waals surface area contributed by atoms with E-state index in [9.17, 15) is 8.78 Å². The van der Waals surface area contributed by atoms with Crippen LogP contribution < -0.4 is 29.8 Å². The molecular formula is C46H58F2N8. The lowest BCUT2D eigenvalue weighted by Gasteiger charge is -2.45. The van der Waals surface area contributed by atoms with Crippen LogP contribution >= 0.6 is 0 Å². The van der Waals surface area contributed by atoms with Gasteiger partial charge in [-0.15, -0.1) is 0 Å². The number of hydrogen-bond donors (Lipinski definition) is 1. The predicted octanol–water partition coefficient (Wildman–Crippen LogP) is 9.24. The Morgan fingerprint density at radius 1 is 0.661 bits per heavy atom. The highest BCUT2D eigenvalue weighted by Gasteiger charge is 2.45. The first kappa shape index (κ1) is 37.0. The number of halogens is 2. The Hall–Kier alpha value is -4.60. The number of benzene rings is 2. The fraction of sp³-hybridized carbons (Fsp3) is 0.522. The van der Waals surface area contributed by atoms with Crippen LogP contribution in [-0.4, -0.2) is 80.5 Å². The second-order valence-electron chi connectivity index (χ2n) is 17.0. The van der Waals surface area contributed by atoms with Crippen molar-refractivity contribution in [1.29, 1.82) is 0 Å². The van der Waals surface area contributed by atoms with E-state index in [1.54, 1.807) is 24.3 Å². The third kappa shape index (κ3) is 7.98. The van der Waals surface area contributed by atoms with Gasteiger partial charge in [0.15, 0.2) is 0 Å². The van der Waals surface area contributed by atoms with E-state index in [1.807, 2.05) is 18.3 Å². The average molecular weight is 761 g/mol. The van der Waals surface area contributed by atoms with Crippen LogP contribution in [-0.2, 0) is 0 Å². The fourth-order valence-electron chi connectivity index (χ4n) is 10.5. The highest BCUT2D eigenvalue weighted by Crippen LogP contribution is 2.43. The maximum Gasteiger partial charge on any atom is 0.130 e. The SMILES string of the molecule is CN(c1cc(N[C@@H]2CCCN(c3cccc(F)c3)C2)nc(C2C[C@@H]3[C@@H](CCN3c3cc(N4CCCCC4)ccn3)N(c3cccc(F)c3)C2)c1)C1CCCCC1. The smallest absolute Gasteiger partial charge is 0.130 e. The van der Waals surface area contributed by atoms with Gasteiger partial charge in [-0.05, 0) is 106 Å². The van der Waals surface area contributed by atoms with E-state index in [1.165, 1.54) is 68.8 Å². The molecule has 1 unspecified atom stereocenters. The maximum absolute atomic E-state index is 14.9. The Labute approximate surface area is 331 Å². The molecule has 9 rings (SSSR count). The standard InChI is InChI=1S/C46H58F2N8/c1-52(37-14-4-2-5-15-37)41-28-42(51-45(29-41)50-36-13-10-23-54(32-36)38-16-8-11-34(47)26-38)33-25-44-43(56(31-33)40-17-9-12-35(48)27-40)19-24-55(44)46-30-39(18-20-49-46)53-21-6-3-7-22-53/h8-9,11-12,16-18,20,26-30,33,36-37,43-44H,2-7,10,13-15,19,21-25,31-32H2,1H3,(H,50,51)/t33?,36-,43-,44-/m1/s1. The van der Waals surface area contributed by atoms with E-state index in [0.29, 0.717) is 6.04 Å². The molecule has 0 spiro atoms. The highest BCUT2D eigenvalue weighted by molar-refractivity contribution is 5.61. The number of pyridine rings is 2. The van der Waals surface area contributed by atoms with Crippen molar-refractivity contribution in [2.75, 3.05) is 76.1 Å². The zero-order valence-corrected chi connectivity index (χ0v) is 33.0. The molecule has 10 heteroatoms. The molecule has 4 aliphatic heterocycles. The van der Waals surface area contributed by atoms with Gasteiger partial charge in [0.2, 0.25) is 0 Å². The fourth-order valence-corrected chi connectivity index (χ4v) is 10.5. The van der Waals surface area contributed by atoms with Gasteiger partial charge >= 0.3 is 0 Å². The third-order valence-electron chi connectivity index (χ3n) is 13.5. The zero-order chi connectivity index (χ0) is 38.0. The monoisotopic (exact) mass is 760 g/mol. The molecule has 1 N–H and O–H groups in total. The zero-order valence-electron chi connectivity index (χ0n) is 33.0. The summed E-state index contributed by atoms with van der Waals surface area (Å²) in [5, 5.41) is 3.88. The van der Waals surface area contributed by atoms with Crippen LogP contribution in [0.2, 0.25) is 0 Å². The summed E-state index contributed by atoms with van der Waals surface area (Å²) in [6.45, 7) is 5.60. The number of hydrogen-bond acceptors (Lipinski definition) is 8. The van der Waals surface area contributed by atoms with E-state index < -0.39 is 0 Å². The molecule has 1 saturated carbocycles. The molecule has 4 saturated heterocycles. The van der Waals surface area contributed by atoms with E-state index in [4.69, 9.17) is 9.97 Å². The van der Waals surface area contributed by atoms with Gasteiger partial charge in [-0.2, -0.15) is 0 Å². The van der Waals surface area contributed by atoms with Gasteiger partial charge in [-0.25, -0.2) is 18.7 Å². The molecular weight excluding hydrogens is 703 g/mol. The van der Waals surface area contributed by atoms with Gasteiger partial charge in [-0.3, -0.25) is 0 Å². The van der Waals surface area contributed by atoms with Crippen LogP contribution in [0.4, 0.5) is 43.2 Å². The topological polar surface area (TPSA) is 54.0 Å². The summed E-state index contributed by atoms with van der Waals surface area (Å²) < 4.78 is 29.1. The van der Waals surface area contributed by atoms with Crippen molar-refractivity contribution in [3.8, 4) is 0 Å². The first-order valence-corrected chi connectivity index (χ1v) is 21.5. The molecule has 0 bridgehead atoms. The Balaban J connectivity index is 1.05. The lowest BCUT2D eigenvalue weighted by Crippen LogP contribution is -2.52. The minimum absolute atomic E-state index is 0.126. The second-order valence-corrected chi connectivity index (χ2v) is 17.0. The molecule has 4 aromatic rings. The molecule has 296 valence electrons. The van der Waals surface area contributed by atoms with Crippen molar-refractivity contribution in [2.45, 2.75) is 107 Å². The van der Waals surface area contributed by atoms with Gasteiger partial charge in [0.05, 0.1) is 12.1 Å². The van der Waals surface area contributed by atoms with Crippen molar-refractivity contribution in [3.05, 3.63) is 96.3 Å². The normalized spacial score (nSPS) is 24.6. The lowest BCUT2D eigenvalue weighted by molar-refractivity contribution is 0.390. The Kier molecular flexibility index (Phi) is 10.9. The number of piperidine rings is 3. The predicted molar refractivity (Wildman–Crippen MR) is 226 cm³/mol. The lowest BCUT2D eigenvalue weighted by atomic mass is 9.85. The van der Waals surface area contributed by atoms with Crippen molar-refractivity contribution >= 4 is 34.4 Å². The number of fused-ring (bicyclic) bond motifs is 1. The maximum atomic E-state index is 14.9. The van der Waals surface area contributed by atoms with Crippen molar-refractivity contribution < 1.29 is 8.78 Å². The molecule has 8 nitrogen and oxygen atoms in total. The number of aromatic nitrogens is 2. The number of rotatable bonds is 9. The van der Waals surface area contributed by atoms with Gasteiger partial charge in [-0.1, -0.05) is 31.4 Å². The second kappa shape index (κ2) is 16.5. The highest BCUT2D eigenvalue weighted by atomic mass is 19.1. The van der Waals surface area contributed by atoms with Crippen LogP contribution in [0.15, 0.2) is 79.0 Å². The van der Waals surface area contributed by atoms with E-state index in [0.717, 1.165) is 93.7 Å². The van der Waals surface area contributed by atoms with E-state index in [-0.39, 0.29) is 35.7 Å². The van der Waals surface area contributed by atoms with Crippen LogP contribution in [0.3, 0.4) is 0 Å². The minimum Gasteiger partial charge on any atom is -0.371 e. The van der Waals surface area contributed by atoms with Gasteiger partial charge < -0.3 is 29.8 Å². The number of nitrogens with one attached hydrogen (secondary N) is 1. The Morgan fingerprint density at radius 2 is 1.39 bits per heavy atom. The van der Waals surface area contributed by atoms with Crippen LogP contribution in [0.25, 0.3) is 0 Å². The summed E-state index contributed by atoms with van der Waals surface area (Å²) in [5.41, 5.74) is 5.44. The Bertz CT molecular complexity index is 1950. The summed E-state index contributed by atoms with van der Waals surface area (Å²) in [6.07, 6.45) is 16.1. The van der Waals surface area contributed by atoms with Crippen LogP contribution in [0, 0.1) is 11.6 Å². The quantitative estimate of drug-likeness (QED) is 0.181. The van der Waals surface area contributed by atoms with Gasteiger partial charge in [0, 0.05) is 111 Å². The minimum atomic E-state index is -0.201. The summed E-state index contributed by atoms with van der Waals surface area (Å²) in [7, 11) is 2.26. The molecule has 6 heterocycles. The van der Waals surface area contributed by atoms with Crippen molar-refractivity contribution in [1.82, 2.24) is 9.97 Å². The average Bonchev–Trinajstić information content (AvgIpc) is 3.68. The molecule has 4 atom stereocenters. The third-order valence-corrected chi connectivity index (χ3v) is 13.5. The van der Waals surface area contributed by atoms with Crippen molar-refractivity contribution in [2.24, 2.45) is 0 Å². The summed E-state index contributed by atoms with van der Waals surface area (Å²) >= 11 is 0. The summed E-state index contributed by atoms with van der Waals surface area (Å²) in [4.78, 5) is 22.8. The first-order valence-electron chi connectivity index (χ1n) is 21.5. The molecule has 2 aromatic carbocycles. The molecule has 0 amide bonds. The Morgan fingerprint density at radius 3 is 2.20 bits per heavy atom. The van der Waals surface area contributed by atoms with Gasteiger partial charge in [0.25, 0.3) is 0 Å². The number of nitrogens with zero attached hydrogens (tertiary/aromatic N) is 7. The molecule has 5 aliphatic rings. The van der Waals surface area contributed by atoms with Crippen molar-refractivity contribution in [3.63, 3.8) is 0 Å². The van der Waals surface area contributed by atoms with E-state index in [2.05, 4.69) is 67.2 Å². The van der Waals surface area contributed by atoms with Crippen LogP contribution in [0.5, 0.6) is 0 Å². The summed E-state index contributed by atoms with van der Waals surface area (Å²) in [6, 6.07) is 24.4. The van der Waals surface area contributed by atoms with E-state index >= 15 is 0 Å². The number of anilines is 6. The van der Waals surface area contributed by atoms with Crippen LogP contribution in [0.1, 0.15) is 88.7 Å². The van der Waals surface area contributed by atoms with Gasteiger partial charge in [0.1, 0.15) is 23.3 Å².